The molecule has 2 N–H and O–H groups in total. The maximum atomic E-state index is 12.9. The number of rotatable bonds is 4. The molecule has 0 aliphatic carbocycles. The molecule has 2 aromatic rings. The summed E-state index contributed by atoms with van der Waals surface area (Å²) in [7, 11) is 0. The van der Waals surface area contributed by atoms with Crippen LogP contribution in [0.3, 0.4) is 0 Å². The molecule has 0 aromatic heterocycles. The largest absolute Gasteiger partial charge is 0.376 e. The fourth-order valence-corrected chi connectivity index (χ4v) is 1.95. The van der Waals surface area contributed by atoms with Gasteiger partial charge >= 0.3 is 0 Å². The molecule has 104 valence electrons. The highest BCUT2D eigenvalue weighted by molar-refractivity contribution is 6.33. The van der Waals surface area contributed by atoms with E-state index in [0.29, 0.717) is 5.69 Å². The number of benzene rings is 2. The van der Waals surface area contributed by atoms with Crippen molar-refractivity contribution >= 4 is 28.9 Å². The summed E-state index contributed by atoms with van der Waals surface area (Å²) in [5, 5.41) is 5.84. The first kappa shape index (κ1) is 14.3. The Kier molecular flexibility index (Phi) is 4.58. The highest BCUT2D eigenvalue weighted by atomic mass is 35.5. The normalized spacial score (nSPS) is 10.2. The van der Waals surface area contributed by atoms with E-state index in [1.165, 1.54) is 12.1 Å². The molecule has 1 amide bonds. The van der Waals surface area contributed by atoms with Gasteiger partial charge in [-0.15, -0.1) is 0 Å². The van der Waals surface area contributed by atoms with Gasteiger partial charge in [0, 0.05) is 5.69 Å². The zero-order valence-corrected chi connectivity index (χ0v) is 11.7. The van der Waals surface area contributed by atoms with Gasteiger partial charge in [-0.25, -0.2) is 4.39 Å². The molecule has 2 rings (SSSR count). The van der Waals surface area contributed by atoms with Gasteiger partial charge in [-0.2, -0.15) is 0 Å². The number of carbonyl (C=O) groups is 1. The van der Waals surface area contributed by atoms with Crippen LogP contribution in [-0.4, -0.2) is 12.5 Å². The van der Waals surface area contributed by atoms with E-state index in [0.717, 1.165) is 17.3 Å². The molecule has 0 aliphatic rings. The zero-order chi connectivity index (χ0) is 14.5. The van der Waals surface area contributed by atoms with Gasteiger partial charge in [-0.1, -0.05) is 29.8 Å². The lowest BCUT2D eigenvalue weighted by molar-refractivity contribution is -0.114. The second-order valence-electron chi connectivity index (χ2n) is 4.34. The van der Waals surface area contributed by atoms with Gasteiger partial charge in [0.15, 0.2) is 0 Å². The lowest BCUT2D eigenvalue weighted by atomic mass is 10.2. The second kappa shape index (κ2) is 6.39. The summed E-state index contributed by atoms with van der Waals surface area (Å²) in [5.41, 5.74) is 2.35. The van der Waals surface area contributed by atoms with Gasteiger partial charge in [0.25, 0.3) is 0 Å². The van der Waals surface area contributed by atoms with Gasteiger partial charge < -0.3 is 10.6 Å². The Hall–Kier alpha value is -2.07. The van der Waals surface area contributed by atoms with Gasteiger partial charge in [0.2, 0.25) is 5.91 Å². The van der Waals surface area contributed by atoms with Crippen LogP contribution in [0, 0.1) is 12.7 Å². The molecular formula is C15H14ClFN2O. The van der Waals surface area contributed by atoms with E-state index in [9.17, 15) is 9.18 Å². The number of para-hydroxylation sites is 1. The van der Waals surface area contributed by atoms with Crippen LogP contribution in [0.2, 0.25) is 5.02 Å². The van der Waals surface area contributed by atoms with Crippen LogP contribution >= 0.6 is 11.6 Å². The molecule has 0 bridgehead atoms. The number of hydrogen-bond donors (Lipinski definition) is 2. The van der Waals surface area contributed by atoms with Crippen molar-refractivity contribution in [2.45, 2.75) is 6.92 Å². The van der Waals surface area contributed by atoms with Crippen molar-refractivity contribution in [1.82, 2.24) is 0 Å². The van der Waals surface area contributed by atoms with E-state index in [4.69, 9.17) is 11.6 Å². The fraction of sp³-hybridized carbons (Fsp3) is 0.133. The van der Waals surface area contributed by atoms with Crippen LogP contribution in [0.15, 0.2) is 42.5 Å². The minimum Gasteiger partial charge on any atom is -0.376 e. The van der Waals surface area contributed by atoms with Crippen molar-refractivity contribution < 1.29 is 9.18 Å². The number of aryl methyl sites for hydroxylation is 1. The van der Waals surface area contributed by atoms with Crippen molar-refractivity contribution in [3.05, 3.63) is 58.9 Å². The van der Waals surface area contributed by atoms with E-state index < -0.39 is 5.82 Å². The minimum absolute atomic E-state index is 0.110. The summed E-state index contributed by atoms with van der Waals surface area (Å²) in [6, 6.07) is 11.5. The molecule has 0 fully saturated rings. The van der Waals surface area contributed by atoms with Crippen LogP contribution < -0.4 is 10.6 Å². The first-order valence-corrected chi connectivity index (χ1v) is 6.48. The predicted octanol–water partition coefficient (Wildman–Crippen LogP) is 3.84. The Morgan fingerprint density at radius 3 is 2.65 bits per heavy atom. The van der Waals surface area contributed by atoms with E-state index in [-0.39, 0.29) is 17.5 Å². The molecule has 0 atom stereocenters. The summed E-state index contributed by atoms with van der Waals surface area (Å²) in [4.78, 5) is 11.8. The third-order valence-electron chi connectivity index (χ3n) is 2.79. The quantitative estimate of drug-likeness (QED) is 0.899. The molecule has 0 unspecified atom stereocenters. The van der Waals surface area contributed by atoms with Crippen LogP contribution in [0.5, 0.6) is 0 Å². The van der Waals surface area contributed by atoms with E-state index >= 15 is 0 Å². The molecule has 0 radical (unpaired) electrons. The van der Waals surface area contributed by atoms with Crippen molar-refractivity contribution in [2.24, 2.45) is 0 Å². The molecule has 0 heterocycles. The SMILES string of the molecule is Cc1ccccc1NCC(=O)Nc1ccc(F)cc1Cl. The van der Waals surface area contributed by atoms with Crippen molar-refractivity contribution in [3.8, 4) is 0 Å². The lowest BCUT2D eigenvalue weighted by Crippen LogP contribution is -2.22. The fourth-order valence-electron chi connectivity index (χ4n) is 1.73. The Bertz CT molecular complexity index is 631. The third-order valence-corrected chi connectivity index (χ3v) is 3.10. The van der Waals surface area contributed by atoms with Crippen LogP contribution in [-0.2, 0) is 4.79 Å². The van der Waals surface area contributed by atoms with E-state index in [2.05, 4.69) is 10.6 Å². The molecule has 20 heavy (non-hydrogen) atoms. The van der Waals surface area contributed by atoms with Gasteiger partial charge in [0.05, 0.1) is 17.3 Å². The topological polar surface area (TPSA) is 41.1 Å². The van der Waals surface area contributed by atoms with Crippen molar-refractivity contribution in [2.75, 3.05) is 17.2 Å². The number of nitrogens with one attached hydrogen (secondary N) is 2. The minimum atomic E-state index is -0.439. The summed E-state index contributed by atoms with van der Waals surface area (Å²) in [6.45, 7) is 2.07. The molecular weight excluding hydrogens is 279 g/mol. The van der Waals surface area contributed by atoms with Gasteiger partial charge in [-0.05, 0) is 36.8 Å². The predicted molar refractivity (Wildman–Crippen MR) is 79.7 cm³/mol. The number of halogens is 2. The summed E-state index contributed by atoms with van der Waals surface area (Å²) >= 11 is 5.84. The number of amides is 1. The highest BCUT2D eigenvalue weighted by Crippen LogP contribution is 2.22. The van der Waals surface area contributed by atoms with Crippen molar-refractivity contribution in [3.63, 3.8) is 0 Å². The van der Waals surface area contributed by atoms with Gasteiger partial charge in [-0.3, -0.25) is 4.79 Å². The van der Waals surface area contributed by atoms with Gasteiger partial charge in [0.1, 0.15) is 5.82 Å². The van der Waals surface area contributed by atoms with Crippen LogP contribution in [0.4, 0.5) is 15.8 Å². The maximum Gasteiger partial charge on any atom is 0.243 e. The monoisotopic (exact) mass is 292 g/mol. The molecule has 0 saturated heterocycles. The number of carbonyl (C=O) groups excluding carboxylic acids is 1. The second-order valence-corrected chi connectivity index (χ2v) is 4.75. The first-order chi connectivity index (χ1) is 9.56. The number of hydrogen-bond acceptors (Lipinski definition) is 2. The molecule has 0 saturated carbocycles. The Morgan fingerprint density at radius 1 is 1.20 bits per heavy atom. The summed E-state index contributed by atoms with van der Waals surface area (Å²) in [5.74, 6) is -0.687. The maximum absolute atomic E-state index is 12.9. The van der Waals surface area contributed by atoms with E-state index in [1.54, 1.807) is 0 Å². The Balaban J connectivity index is 1.94. The third kappa shape index (κ3) is 3.71. The molecule has 0 spiro atoms. The molecule has 5 heteroatoms. The van der Waals surface area contributed by atoms with Crippen molar-refractivity contribution in [1.29, 1.82) is 0 Å². The Morgan fingerprint density at radius 2 is 1.95 bits per heavy atom. The van der Waals surface area contributed by atoms with E-state index in [1.807, 2.05) is 31.2 Å². The lowest BCUT2D eigenvalue weighted by Gasteiger charge is -2.10. The van der Waals surface area contributed by atoms with Crippen LogP contribution in [0.25, 0.3) is 0 Å². The molecule has 0 aliphatic heterocycles. The average molecular weight is 293 g/mol. The highest BCUT2D eigenvalue weighted by Gasteiger charge is 2.07. The molecule has 3 nitrogen and oxygen atoms in total. The van der Waals surface area contributed by atoms with Crippen LogP contribution in [0.1, 0.15) is 5.56 Å². The average Bonchev–Trinajstić information content (AvgIpc) is 2.41. The standard InChI is InChI=1S/C15H14ClFN2O/c1-10-4-2-3-5-13(10)18-9-15(20)19-14-7-6-11(17)8-12(14)16/h2-8,18H,9H2,1H3,(H,19,20). The smallest absolute Gasteiger partial charge is 0.243 e. The first-order valence-electron chi connectivity index (χ1n) is 6.10. The Labute approximate surface area is 121 Å². The zero-order valence-electron chi connectivity index (χ0n) is 10.9. The molecule has 2 aromatic carbocycles. The summed E-state index contributed by atoms with van der Waals surface area (Å²) in [6.07, 6.45) is 0. The summed E-state index contributed by atoms with van der Waals surface area (Å²) < 4.78 is 12.9. The number of anilines is 2.